The molecule has 0 aliphatic carbocycles. The van der Waals surface area contributed by atoms with E-state index in [9.17, 15) is 4.79 Å². The Bertz CT molecular complexity index is 579. The molecule has 0 atom stereocenters. The second-order valence-corrected chi connectivity index (χ2v) is 5.28. The third kappa shape index (κ3) is 3.01. The van der Waals surface area contributed by atoms with Gasteiger partial charge in [0.25, 0.3) is 5.91 Å². The van der Waals surface area contributed by atoms with Crippen molar-refractivity contribution in [3.63, 3.8) is 0 Å². The molecule has 1 amide bonds. The number of nitrogen functional groups attached to an aromatic ring is 1. The molecular formula is C14H13IN2O. The highest BCUT2D eigenvalue weighted by molar-refractivity contribution is 14.1. The first-order valence-corrected chi connectivity index (χ1v) is 6.57. The smallest absolute Gasteiger partial charge is 0.255 e. The number of rotatable bonds is 2. The lowest BCUT2D eigenvalue weighted by Gasteiger charge is -2.08. The van der Waals surface area contributed by atoms with Gasteiger partial charge in [0.15, 0.2) is 0 Å². The van der Waals surface area contributed by atoms with Gasteiger partial charge in [-0.15, -0.1) is 0 Å². The van der Waals surface area contributed by atoms with E-state index in [0.717, 1.165) is 14.8 Å². The molecule has 3 nitrogen and oxygen atoms in total. The van der Waals surface area contributed by atoms with Crippen LogP contribution in [0.3, 0.4) is 0 Å². The van der Waals surface area contributed by atoms with Crippen molar-refractivity contribution < 1.29 is 4.79 Å². The van der Waals surface area contributed by atoms with Crippen LogP contribution in [0, 0.1) is 10.5 Å². The first kappa shape index (κ1) is 12.9. The minimum atomic E-state index is -0.126. The third-order valence-corrected chi connectivity index (χ3v) is 3.28. The monoisotopic (exact) mass is 352 g/mol. The second-order valence-electron chi connectivity index (χ2n) is 4.04. The molecular weight excluding hydrogens is 339 g/mol. The summed E-state index contributed by atoms with van der Waals surface area (Å²) in [5.74, 6) is -0.126. The molecule has 2 rings (SSSR count). The number of hydrogen-bond donors (Lipinski definition) is 2. The molecule has 0 fully saturated rings. The van der Waals surface area contributed by atoms with Crippen molar-refractivity contribution in [1.82, 2.24) is 0 Å². The maximum absolute atomic E-state index is 12.0. The Hall–Kier alpha value is -1.56. The van der Waals surface area contributed by atoms with Gasteiger partial charge in [-0.3, -0.25) is 4.79 Å². The van der Waals surface area contributed by atoms with Gasteiger partial charge < -0.3 is 11.1 Å². The van der Waals surface area contributed by atoms with Crippen molar-refractivity contribution in [3.05, 3.63) is 57.2 Å². The van der Waals surface area contributed by atoms with Gasteiger partial charge in [0.2, 0.25) is 0 Å². The van der Waals surface area contributed by atoms with Crippen LogP contribution in [0.15, 0.2) is 42.5 Å². The molecule has 0 aromatic heterocycles. The van der Waals surface area contributed by atoms with Crippen LogP contribution in [-0.4, -0.2) is 5.91 Å². The number of carbonyl (C=O) groups is 1. The van der Waals surface area contributed by atoms with E-state index in [2.05, 4.69) is 27.9 Å². The molecule has 2 aromatic carbocycles. The lowest BCUT2D eigenvalue weighted by molar-refractivity contribution is 0.102. The molecule has 0 saturated heterocycles. The highest BCUT2D eigenvalue weighted by Crippen LogP contribution is 2.18. The van der Waals surface area contributed by atoms with E-state index >= 15 is 0 Å². The minimum Gasteiger partial charge on any atom is -0.399 e. The van der Waals surface area contributed by atoms with E-state index in [1.54, 1.807) is 24.3 Å². The number of halogens is 1. The van der Waals surface area contributed by atoms with Crippen LogP contribution in [0.2, 0.25) is 0 Å². The highest BCUT2D eigenvalue weighted by atomic mass is 127. The maximum atomic E-state index is 12.0. The number of hydrogen-bond acceptors (Lipinski definition) is 2. The highest BCUT2D eigenvalue weighted by Gasteiger charge is 2.07. The molecule has 0 radical (unpaired) electrons. The Labute approximate surface area is 120 Å². The maximum Gasteiger partial charge on any atom is 0.255 e. The largest absolute Gasteiger partial charge is 0.399 e. The van der Waals surface area contributed by atoms with Crippen LogP contribution in [0.4, 0.5) is 11.4 Å². The first-order chi connectivity index (χ1) is 8.56. The summed E-state index contributed by atoms with van der Waals surface area (Å²) in [6.45, 7) is 1.97. The second kappa shape index (κ2) is 5.39. The molecule has 0 spiro atoms. The quantitative estimate of drug-likeness (QED) is 0.643. The zero-order valence-electron chi connectivity index (χ0n) is 9.91. The molecule has 0 aliphatic heterocycles. The van der Waals surface area contributed by atoms with Crippen molar-refractivity contribution >= 4 is 39.9 Å². The van der Waals surface area contributed by atoms with Crippen LogP contribution >= 0.6 is 22.6 Å². The summed E-state index contributed by atoms with van der Waals surface area (Å²) in [6.07, 6.45) is 0. The van der Waals surface area contributed by atoms with Crippen LogP contribution in [-0.2, 0) is 0 Å². The van der Waals surface area contributed by atoms with Gasteiger partial charge in [0.1, 0.15) is 0 Å². The Morgan fingerprint density at radius 2 is 1.83 bits per heavy atom. The standard InChI is InChI=1S/C14H13IN2O/c1-9-8-11(15)4-7-13(9)17-14(18)10-2-5-12(16)6-3-10/h2-8H,16H2,1H3,(H,17,18). The van der Waals surface area contributed by atoms with Crippen LogP contribution in [0.5, 0.6) is 0 Å². The van der Waals surface area contributed by atoms with E-state index in [1.165, 1.54) is 0 Å². The summed E-state index contributed by atoms with van der Waals surface area (Å²) in [6, 6.07) is 12.8. The van der Waals surface area contributed by atoms with Crippen molar-refractivity contribution in [2.45, 2.75) is 6.92 Å². The molecule has 2 aromatic rings. The predicted octanol–water partition coefficient (Wildman–Crippen LogP) is 3.43. The van der Waals surface area contributed by atoms with Gasteiger partial charge in [-0.05, 0) is 77.5 Å². The molecule has 0 bridgehead atoms. The fourth-order valence-corrected chi connectivity index (χ4v) is 2.24. The third-order valence-electron chi connectivity index (χ3n) is 2.61. The molecule has 0 aliphatic rings. The summed E-state index contributed by atoms with van der Waals surface area (Å²) in [5.41, 5.74) is 8.71. The van der Waals surface area contributed by atoms with Gasteiger partial charge >= 0.3 is 0 Å². The van der Waals surface area contributed by atoms with E-state index < -0.39 is 0 Å². The Kier molecular flexibility index (Phi) is 3.86. The number of benzene rings is 2. The van der Waals surface area contributed by atoms with Crippen molar-refractivity contribution in [2.24, 2.45) is 0 Å². The van der Waals surface area contributed by atoms with Gasteiger partial charge in [-0.1, -0.05) is 0 Å². The van der Waals surface area contributed by atoms with Crippen LogP contribution in [0.1, 0.15) is 15.9 Å². The molecule has 4 heteroatoms. The van der Waals surface area contributed by atoms with E-state index in [1.807, 2.05) is 25.1 Å². The number of nitrogens with two attached hydrogens (primary N) is 1. The number of amides is 1. The van der Waals surface area contributed by atoms with Crippen LogP contribution in [0.25, 0.3) is 0 Å². The zero-order chi connectivity index (χ0) is 13.1. The van der Waals surface area contributed by atoms with Crippen molar-refractivity contribution in [3.8, 4) is 0 Å². The fraction of sp³-hybridized carbons (Fsp3) is 0.0714. The predicted molar refractivity (Wildman–Crippen MR) is 82.7 cm³/mol. The Morgan fingerprint density at radius 1 is 1.17 bits per heavy atom. The van der Waals surface area contributed by atoms with Crippen LogP contribution < -0.4 is 11.1 Å². The van der Waals surface area contributed by atoms with E-state index in [4.69, 9.17) is 5.73 Å². The normalized spacial score (nSPS) is 10.1. The van der Waals surface area contributed by atoms with Gasteiger partial charge in [-0.25, -0.2) is 0 Å². The molecule has 0 heterocycles. The molecule has 18 heavy (non-hydrogen) atoms. The van der Waals surface area contributed by atoms with Crippen molar-refractivity contribution in [2.75, 3.05) is 11.1 Å². The minimum absolute atomic E-state index is 0.126. The molecule has 92 valence electrons. The summed E-state index contributed by atoms with van der Waals surface area (Å²) in [7, 11) is 0. The Balaban J connectivity index is 2.18. The topological polar surface area (TPSA) is 55.1 Å². The number of carbonyl (C=O) groups excluding carboxylic acids is 1. The van der Waals surface area contributed by atoms with Gasteiger partial charge in [0, 0.05) is 20.5 Å². The van der Waals surface area contributed by atoms with Gasteiger partial charge in [0.05, 0.1) is 0 Å². The Morgan fingerprint density at radius 3 is 2.44 bits per heavy atom. The molecule has 3 N–H and O–H groups in total. The summed E-state index contributed by atoms with van der Waals surface area (Å²) < 4.78 is 1.15. The number of anilines is 2. The summed E-state index contributed by atoms with van der Waals surface area (Å²) in [4.78, 5) is 12.0. The zero-order valence-corrected chi connectivity index (χ0v) is 12.1. The van der Waals surface area contributed by atoms with E-state index in [-0.39, 0.29) is 5.91 Å². The fourth-order valence-electron chi connectivity index (χ4n) is 1.60. The number of aryl methyl sites for hydroxylation is 1. The lowest BCUT2D eigenvalue weighted by atomic mass is 10.1. The van der Waals surface area contributed by atoms with Gasteiger partial charge in [-0.2, -0.15) is 0 Å². The summed E-state index contributed by atoms with van der Waals surface area (Å²) in [5, 5.41) is 2.89. The SMILES string of the molecule is Cc1cc(I)ccc1NC(=O)c1ccc(N)cc1. The average Bonchev–Trinajstić information content (AvgIpc) is 2.33. The lowest BCUT2D eigenvalue weighted by Crippen LogP contribution is -2.12. The number of nitrogens with one attached hydrogen (secondary N) is 1. The van der Waals surface area contributed by atoms with E-state index in [0.29, 0.717) is 11.3 Å². The molecule has 0 saturated carbocycles. The first-order valence-electron chi connectivity index (χ1n) is 5.49. The summed E-state index contributed by atoms with van der Waals surface area (Å²) >= 11 is 2.24. The van der Waals surface area contributed by atoms with Crippen molar-refractivity contribution in [1.29, 1.82) is 0 Å². The molecule has 0 unspecified atom stereocenters. The average molecular weight is 352 g/mol.